The molecule has 0 saturated carbocycles. The van der Waals surface area contributed by atoms with E-state index in [1.165, 1.54) is 0 Å². The van der Waals surface area contributed by atoms with E-state index in [4.69, 9.17) is 0 Å². The molecule has 0 heterocycles. The van der Waals surface area contributed by atoms with E-state index in [9.17, 15) is 9.90 Å². The molecule has 94 valence electrons. The molecule has 1 amide bonds. The van der Waals surface area contributed by atoms with Crippen LogP contribution < -0.4 is 5.32 Å². The number of hydrogen-bond donors (Lipinski definition) is 2. The SMILES string of the molecule is CSC(C)(C)CNC(=O)c1cccc(C)c1O. The minimum atomic E-state index is -0.228. The average Bonchev–Trinajstić information content (AvgIpc) is 2.30. The van der Waals surface area contributed by atoms with Crippen molar-refractivity contribution in [2.24, 2.45) is 0 Å². The molecular weight excluding hydrogens is 234 g/mol. The van der Waals surface area contributed by atoms with Crippen LogP contribution in [0.5, 0.6) is 5.75 Å². The summed E-state index contributed by atoms with van der Waals surface area (Å²) < 4.78 is -0.00486. The van der Waals surface area contributed by atoms with Crippen LogP contribution in [0.4, 0.5) is 0 Å². The summed E-state index contributed by atoms with van der Waals surface area (Å²) in [7, 11) is 0. The van der Waals surface area contributed by atoms with E-state index in [-0.39, 0.29) is 16.4 Å². The molecule has 1 rings (SSSR count). The Kier molecular flexibility index (Phi) is 4.46. The van der Waals surface area contributed by atoms with E-state index in [0.717, 1.165) is 0 Å². The molecule has 1 aromatic carbocycles. The van der Waals surface area contributed by atoms with Gasteiger partial charge in [0.05, 0.1) is 5.56 Å². The van der Waals surface area contributed by atoms with Crippen LogP contribution in [-0.2, 0) is 0 Å². The molecule has 0 aromatic heterocycles. The summed E-state index contributed by atoms with van der Waals surface area (Å²) in [4.78, 5) is 11.9. The van der Waals surface area contributed by atoms with Crippen LogP contribution in [0.3, 0.4) is 0 Å². The molecule has 0 aliphatic carbocycles. The summed E-state index contributed by atoms with van der Waals surface area (Å²) in [5.41, 5.74) is 1.05. The van der Waals surface area contributed by atoms with Gasteiger partial charge in [0.2, 0.25) is 0 Å². The normalized spacial score (nSPS) is 11.3. The predicted molar refractivity (Wildman–Crippen MR) is 72.8 cm³/mol. The minimum absolute atomic E-state index is 0.00486. The number of para-hydroxylation sites is 1. The van der Waals surface area contributed by atoms with Crippen molar-refractivity contribution in [3.8, 4) is 5.75 Å². The van der Waals surface area contributed by atoms with Gasteiger partial charge >= 0.3 is 0 Å². The lowest BCUT2D eigenvalue weighted by Gasteiger charge is -2.22. The van der Waals surface area contributed by atoms with Gasteiger partial charge in [-0.05, 0) is 38.7 Å². The third-order valence-corrected chi connectivity index (χ3v) is 3.96. The van der Waals surface area contributed by atoms with E-state index in [1.807, 2.05) is 6.26 Å². The Balaban J connectivity index is 2.74. The first-order valence-corrected chi connectivity index (χ1v) is 6.72. The first kappa shape index (κ1) is 13.9. The topological polar surface area (TPSA) is 49.3 Å². The number of rotatable bonds is 4. The molecule has 2 N–H and O–H groups in total. The van der Waals surface area contributed by atoms with Crippen molar-refractivity contribution in [3.05, 3.63) is 29.3 Å². The second-order valence-electron chi connectivity index (χ2n) is 4.62. The Bertz CT molecular complexity index is 416. The molecule has 0 unspecified atom stereocenters. The largest absolute Gasteiger partial charge is 0.507 e. The average molecular weight is 253 g/mol. The lowest BCUT2D eigenvalue weighted by molar-refractivity contribution is 0.0948. The summed E-state index contributed by atoms with van der Waals surface area (Å²) in [6.07, 6.45) is 2.01. The van der Waals surface area contributed by atoms with Gasteiger partial charge in [0.15, 0.2) is 0 Å². The highest BCUT2D eigenvalue weighted by atomic mass is 32.2. The number of aryl methyl sites for hydroxylation is 1. The number of phenols is 1. The van der Waals surface area contributed by atoms with E-state index in [0.29, 0.717) is 17.7 Å². The lowest BCUT2D eigenvalue weighted by atomic mass is 10.1. The Morgan fingerprint density at radius 2 is 2.12 bits per heavy atom. The monoisotopic (exact) mass is 253 g/mol. The highest BCUT2D eigenvalue weighted by molar-refractivity contribution is 7.99. The molecule has 0 aliphatic heterocycles. The molecule has 17 heavy (non-hydrogen) atoms. The first-order chi connectivity index (χ1) is 7.87. The Hall–Kier alpha value is -1.16. The smallest absolute Gasteiger partial charge is 0.255 e. The number of hydrogen-bond acceptors (Lipinski definition) is 3. The highest BCUT2D eigenvalue weighted by Crippen LogP contribution is 2.22. The molecule has 1 aromatic rings. The second kappa shape index (κ2) is 5.45. The molecule has 0 spiro atoms. The number of carbonyl (C=O) groups excluding carboxylic acids is 1. The van der Waals surface area contributed by atoms with Crippen LogP contribution in [0.15, 0.2) is 18.2 Å². The molecule has 0 aliphatic rings. The molecule has 0 saturated heterocycles. The van der Waals surface area contributed by atoms with E-state index >= 15 is 0 Å². The van der Waals surface area contributed by atoms with Gasteiger partial charge in [-0.1, -0.05) is 12.1 Å². The second-order valence-corrected chi connectivity index (χ2v) is 6.13. The van der Waals surface area contributed by atoms with Crippen LogP contribution in [0, 0.1) is 6.92 Å². The van der Waals surface area contributed by atoms with E-state index < -0.39 is 0 Å². The molecule has 4 heteroatoms. The minimum Gasteiger partial charge on any atom is -0.507 e. The maximum Gasteiger partial charge on any atom is 0.255 e. The summed E-state index contributed by atoms with van der Waals surface area (Å²) in [5, 5.41) is 12.6. The number of amides is 1. The molecule has 0 radical (unpaired) electrons. The zero-order chi connectivity index (χ0) is 13.1. The first-order valence-electron chi connectivity index (χ1n) is 5.49. The Morgan fingerprint density at radius 3 is 2.71 bits per heavy atom. The molecule has 0 bridgehead atoms. The fourth-order valence-corrected chi connectivity index (χ4v) is 1.52. The van der Waals surface area contributed by atoms with Crippen LogP contribution in [0.1, 0.15) is 29.8 Å². The predicted octanol–water partition coefficient (Wildman–Crippen LogP) is 2.57. The number of benzene rings is 1. The van der Waals surface area contributed by atoms with Crippen LogP contribution >= 0.6 is 11.8 Å². The number of carbonyl (C=O) groups is 1. The number of thioether (sulfide) groups is 1. The fraction of sp³-hybridized carbons (Fsp3) is 0.462. The van der Waals surface area contributed by atoms with Crippen molar-refractivity contribution < 1.29 is 9.90 Å². The molecule has 3 nitrogen and oxygen atoms in total. The van der Waals surface area contributed by atoms with Crippen LogP contribution in [0.25, 0.3) is 0 Å². The van der Waals surface area contributed by atoms with Gasteiger partial charge in [-0.15, -0.1) is 0 Å². The Labute approximate surface area is 107 Å². The number of aromatic hydroxyl groups is 1. The quantitative estimate of drug-likeness (QED) is 0.867. The summed E-state index contributed by atoms with van der Waals surface area (Å²) in [5.74, 6) is -0.166. The van der Waals surface area contributed by atoms with Crippen molar-refractivity contribution in [3.63, 3.8) is 0 Å². The maximum atomic E-state index is 11.9. The van der Waals surface area contributed by atoms with Gasteiger partial charge in [-0.2, -0.15) is 11.8 Å². The summed E-state index contributed by atoms with van der Waals surface area (Å²) >= 11 is 1.69. The molecule has 0 fully saturated rings. The lowest BCUT2D eigenvalue weighted by Crippen LogP contribution is -2.36. The summed E-state index contributed by atoms with van der Waals surface area (Å²) in [6, 6.07) is 5.17. The van der Waals surface area contributed by atoms with Crippen molar-refractivity contribution in [2.45, 2.75) is 25.5 Å². The van der Waals surface area contributed by atoms with Crippen LogP contribution in [-0.4, -0.2) is 28.6 Å². The standard InChI is InChI=1S/C13H19NO2S/c1-9-6-5-7-10(11(9)15)12(16)14-8-13(2,3)17-4/h5-7,15H,8H2,1-4H3,(H,14,16). The van der Waals surface area contributed by atoms with Gasteiger partial charge in [0.25, 0.3) is 5.91 Å². The van der Waals surface area contributed by atoms with Crippen molar-refractivity contribution in [2.75, 3.05) is 12.8 Å². The third kappa shape index (κ3) is 3.66. The third-order valence-electron chi connectivity index (χ3n) is 2.71. The number of phenolic OH excluding ortho intramolecular Hbond substituents is 1. The van der Waals surface area contributed by atoms with E-state index in [1.54, 1.807) is 36.9 Å². The maximum absolute atomic E-state index is 11.9. The van der Waals surface area contributed by atoms with E-state index in [2.05, 4.69) is 19.2 Å². The Morgan fingerprint density at radius 1 is 1.47 bits per heavy atom. The zero-order valence-electron chi connectivity index (χ0n) is 10.7. The molecular formula is C13H19NO2S. The number of nitrogens with one attached hydrogen (secondary N) is 1. The van der Waals surface area contributed by atoms with Gasteiger partial charge < -0.3 is 10.4 Å². The van der Waals surface area contributed by atoms with Crippen molar-refractivity contribution in [1.29, 1.82) is 0 Å². The van der Waals surface area contributed by atoms with Crippen molar-refractivity contribution >= 4 is 17.7 Å². The van der Waals surface area contributed by atoms with Gasteiger partial charge in [-0.3, -0.25) is 4.79 Å². The van der Waals surface area contributed by atoms with Gasteiger partial charge in [0, 0.05) is 11.3 Å². The zero-order valence-corrected chi connectivity index (χ0v) is 11.5. The molecule has 0 atom stereocenters. The summed E-state index contributed by atoms with van der Waals surface area (Å²) in [6.45, 7) is 6.47. The van der Waals surface area contributed by atoms with Crippen molar-refractivity contribution in [1.82, 2.24) is 5.32 Å². The highest BCUT2D eigenvalue weighted by Gasteiger charge is 2.19. The fourth-order valence-electron chi connectivity index (χ4n) is 1.30. The van der Waals surface area contributed by atoms with Crippen LogP contribution in [0.2, 0.25) is 0 Å². The van der Waals surface area contributed by atoms with Gasteiger partial charge in [0.1, 0.15) is 5.75 Å². The van der Waals surface area contributed by atoms with Gasteiger partial charge in [-0.25, -0.2) is 0 Å².